The highest BCUT2D eigenvalue weighted by molar-refractivity contribution is 7.33. The molecule has 0 atom stereocenters. The molecule has 11 aromatic carbocycles. The van der Waals surface area contributed by atoms with Gasteiger partial charge in [-0.1, -0.05) is 250 Å². The monoisotopic (exact) mass is 1220 g/mol. The summed E-state index contributed by atoms with van der Waals surface area (Å²) in [5, 5.41) is 6.64. The summed E-state index contributed by atoms with van der Waals surface area (Å²) < 4.78 is 2.63. The van der Waals surface area contributed by atoms with E-state index >= 15 is 0 Å². The van der Waals surface area contributed by atoms with Gasteiger partial charge in [-0.3, -0.25) is 4.98 Å². The molecule has 0 radical (unpaired) electrons. The Morgan fingerprint density at radius 3 is 1.48 bits per heavy atom. The van der Waals surface area contributed by atoms with Crippen LogP contribution < -0.4 is 51.1 Å². The van der Waals surface area contributed by atoms with E-state index in [1.54, 1.807) is 0 Å². The first-order chi connectivity index (χ1) is 44.5. The summed E-state index contributed by atoms with van der Waals surface area (Å²) >= 11 is 1.97. The fraction of sp³-hybridized carbons (Fsp3) is 0.141. The second kappa shape index (κ2) is 22.9. The molecule has 2 aliphatic heterocycles. The van der Waals surface area contributed by atoms with Gasteiger partial charge in [-0.05, 0) is 167 Å². The molecule has 0 aliphatic carbocycles. The summed E-state index contributed by atoms with van der Waals surface area (Å²) in [5.41, 5.74) is 20.7. The van der Waals surface area contributed by atoms with Gasteiger partial charge in [0.05, 0.1) is 17.1 Å². The number of hydrogen-bond donors (Lipinski definition) is 0. The summed E-state index contributed by atoms with van der Waals surface area (Å²) in [6.45, 7) is 21.0. The van der Waals surface area contributed by atoms with Gasteiger partial charge in [-0.25, -0.2) is 0 Å². The number of thiophene rings is 1. The van der Waals surface area contributed by atoms with Gasteiger partial charge in [0.15, 0.2) is 8.07 Å². The summed E-state index contributed by atoms with van der Waals surface area (Å²) in [6.07, 6.45) is 1.89. The molecular weight excluding hydrogens is 1150 g/mol. The van der Waals surface area contributed by atoms with Crippen LogP contribution >= 0.6 is 11.3 Å². The molecule has 448 valence electrons. The van der Waals surface area contributed by atoms with E-state index < -0.39 is 8.07 Å². The summed E-state index contributed by atoms with van der Waals surface area (Å²) in [5.74, 6) is 0. The second-order valence-corrected chi connectivity index (χ2v) is 32.9. The zero-order chi connectivity index (χ0) is 63.1. The van der Waals surface area contributed by atoms with E-state index in [0.717, 1.165) is 50.9 Å². The third-order valence-corrected chi connectivity index (χ3v) is 25.1. The molecular formula is C85H75BN4SSi. The molecule has 0 amide bonds. The number of hydrogen-bond acceptors (Lipinski definition) is 5. The number of pyridine rings is 1. The van der Waals surface area contributed by atoms with Crippen molar-refractivity contribution < 1.29 is 0 Å². The van der Waals surface area contributed by atoms with E-state index in [1.165, 1.54) is 85.9 Å². The van der Waals surface area contributed by atoms with Crippen LogP contribution in [0.5, 0.6) is 0 Å². The molecule has 92 heavy (non-hydrogen) atoms. The lowest BCUT2D eigenvalue weighted by Crippen LogP contribution is -2.74. The number of anilines is 9. The predicted octanol–water partition coefficient (Wildman–Crippen LogP) is 18.5. The van der Waals surface area contributed by atoms with E-state index in [2.05, 4.69) is 356 Å². The van der Waals surface area contributed by atoms with Gasteiger partial charge in [0.2, 0.25) is 0 Å². The summed E-state index contributed by atoms with van der Waals surface area (Å²) in [7, 11) is -2.89. The van der Waals surface area contributed by atoms with Crippen molar-refractivity contribution in [2.24, 2.45) is 0 Å². The van der Waals surface area contributed by atoms with Crippen molar-refractivity contribution in [2.75, 3.05) is 14.7 Å². The van der Waals surface area contributed by atoms with Gasteiger partial charge in [0, 0.05) is 72.0 Å². The Hall–Kier alpha value is -9.79. The molecule has 15 rings (SSSR count). The van der Waals surface area contributed by atoms with Gasteiger partial charge in [-0.2, -0.15) is 0 Å². The Balaban J connectivity index is 1.04. The predicted molar refractivity (Wildman–Crippen MR) is 399 cm³/mol. The minimum Gasteiger partial charge on any atom is -0.311 e. The van der Waals surface area contributed by atoms with E-state index in [9.17, 15) is 0 Å². The third kappa shape index (κ3) is 10.1. The van der Waals surface area contributed by atoms with Crippen LogP contribution in [0.2, 0.25) is 0 Å². The largest absolute Gasteiger partial charge is 0.311 e. The van der Waals surface area contributed by atoms with Crippen molar-refractivity contribution in [2.45, 2.75) is 78.6 Å². The van der Waals surface area contributed by atoms with Crippen LogP contribution in [-0.4, -0.2) is 19.8 Å². The van der Waals surface area contributed by atoms with Crippen molar-refractivity contribution in [1.82, 2.24) is 4.98 Å². The molecule has 7 heteroatoms. The zero-order valence-corrected chi connectivity index (χ0v) is 55.8. The standard InChI is InChI=1S/C85H75BN4SSi/c1-83(2,3)60-42-50-75(72(53-60)58-28-27-29-59(52-58)74-40-25-26-51-87-74)90-78-55-62(85(7,8)9)54-77-80(78)86(82-81(90)71-48-41-61(84(4,5)6)56-79(71)91-82)73-49-45-66(88(63-30-15-10-16-31-63)64-32-17-11-18-33-64)57-76(73)89(77)65-43-46-70(47-44-65)92(67-34-19-12-20-35-67,68-36-21-13-22-37-68)69-38-23-14-24-39-69/h10-57H,1-9H3. The van der Waals surface area contributed by atoms with E-state index in [-0.39, 0.29) is 23.0 Å². The van der Waals surface area contributed by atoms with Gasteiger partial charge in [0.1, 0.15) is 0 Å². The van der Waals surface area contributed by atoms with Crippen LogP contribution in [0.4, 0.5) is 51.2 Å². The lowest BCUT2D eigenvalue weighted by molar-refractivity contribution is 0.590. The van der Waals surface area contributed by atoms with Crippen LogP contribution in [0.1, 0.15) is 79.0 Å². The number of nitrogens with zero attached hydrogens (tertiary/aromatic N) is 4. The minimum atomic E-state index is -2.89. The average molecular weight is 1220 g/mol. The molecule has 4 heterocycles. The topological polar surface area (TPSA) is 22.6 Å². The third-order valence-electron chi connectivity index (χ3n) is 19.1. The highest BCUT2D eigenvalue weighted by Gasteiger charge is 2.48. The van der Waals surface area contributed by atoms with Crippen molar-refractivity contribution in [3.05, 3.63) is 308 Å². The van der Waals surface area contributed by atoms with E-state index in [1.807, 2.05) is 23.6 Å². The molecule has 4 nitrogen and oxygen atoms in total. The normalized spacial score (nSPS) is 13.0. The highest BCUT2D eigenvalue weighted by Crippen LogP contribution is 2.53. The lowest BCUT2D eigenvalue weighted by atomic mass is 9.36. The van der Waals surface area contributed by atoms with Gasteiger partial charge >= 0.3 is 0 Å². The average Bonchev–Trinajstić information content (AvgIpc) is 1.24. The van der Waals surface area contributed by atoms with Gasteiger partial charge < -0.3 is 14.7 Å². The second-order valence-electron chi connectivity index (χ2n) is 28.0. The Morgan fingerprint density at radius 1 is 0.391 bits per heavy atom. The molecule has 0 unspecified atom stereocenters. The molecule has 2 aromatic heterocycles. The first-order valence-corrected chi connectivity index (χ1v) is 35.2. The lowest BCUT2D eigenvalue weighted by Gasteiger charge is -2.45. The van der Waals surface area contributed by atoms with Gasteiger partial charge in [0.25, 0.3) is 6.71 Å². The summed E-state index contributed by atoms with van der Waals surface area (Å²) in [4.78, 5) is 12.6. The quantitative estimate of drug-likeness (QED) is 0.0951. The number of aromatic nitrogens is 1. The Morgan fingerprint density at radius 2 is 0.913 bits per heavy atom. The molecule has 0 saturated heterocycles. The summed E-state index contributed by atoms with van der Waals surface area (Å²) in [6, 6.07) is 108. The van der Waals surface area contributed by atoms with Crippen LogP contribution in [0.25, 0.3) is 32.5 Å². The Kier molecular flexibility index (Phi) is 14.5. The Labute approximate surface area is 548 Å². The fourth-order valence-electron chi connectivity index (χ4n) is 14.4. The van der Waals surface area contributed by atoms with Gasteiger partial charge in [-0.15, -0.1) is 11.3 Å². The molecule has 2 aliphatic rings. The molecule has 0 spiro atoms. The SMILES string of the molecule is CC(C)(C)c1ccc(N2c3cc(C(C)(C)C)cc4c3B(c3ccc(N(c5ccccc5)c5ccccc5)cc3N4c3ccc([Si](c4ccccc4)(c4ccccc4)c4ccccc4)cc3)c3sc4cc(C(C)(C)C)ccc4c32)c(-c2cccc(-c3ccccn3)c2)c1. The minimum absolute atomic E-state index is 0.0522. The van der Waals surface area contributed by atoms with Crippen LogP contribution in [0, 0.1) is 0 Å². The molecule has 13 aromatic rings. The highest BCUT2D eigenvalue weighted by atomic mass is 32.1. The van der Waals surface area contributed by atoms with Crippen LogP contribution in [0.15, 0.2) is 291 Å². The number of benzene rings is 11. The Bertz CT molecular complexity index is 4730. The van der Waals surface area contributed by atoms with Crippen molar-refractivity contribution in [3.8, 4) is 22.4 Å². The molecule has 0 fully saturated rings. The molecule has 0 saturated carbocycles. The first kappa shape index (κ1) is 58.6. The molecule has 0 N–H and O–H groups in total. The zero-order valence-electron chi connectivity index (χ0n) is 54.0. The van der Waals surface area contributed by atoms with Crippen molar-refractivity contribution in [1.29, 1.82) is 0 Å². The first-order valence-electron chi connectivity index (χ1n) is 32.4. The fourth-order valence-corrected chi connectivity index (χ4v) is 20.5. The maximum Gasteiger partial charge on any atom is 0.264 e. The van der Waals surface area contributed by atoms with E-state index in [4.69, 9.17) is 4.98 Å². The van der Waals surface area contributed by atoms with Crippen molar-refractivity contribution in [3.63, 3.8) is 0 Å². The molecule has 0 bridgehead atoms. The smallest absolute Gasteiger partial charge is 0.264 e. The van der Waals surface area contributed by atoms with Crippen molar-refractivity contribution >= 4 is 124 Å². The maximum absolute atomic E-state index is 4.87. The maximum atomic E-state index is 4.87. The van der Waals surface area contributed by atoms with E-state index in [0.29, 0.717) is 0 Å². The van der Waals surface area contributed by atoms with Crippen LogP contribution in [0.3, 0.4) is 0 Å². The van der Waals surface area contributed by atoms with Crippen LogP contribution in [-0.2, 0) is 16.2 Å². The number of para-hydroxylation sites is 2. The number of rotatable bonds is 11. The number of fused-ring (bicyclic) bond motifs is 6.